The van der Waals surface area contributed by atoms with E-state index in [2.05, 4.69) is 10.6 Å². The lowest BCUT2D eigenvalue weighted by molar-refractivity contribution is -0.123. The number of ether oxygens (including phenoxy) is 2. The number of hydrogen-bond acceptors (Lipinski definition) is 5. The van der Waals surface area contributed by atoms with Crippen LogP contribution < -0.4 is 15.4 Å². The Morgan fingerprint density at radius 1 is 1.16 bits per heavy atom. The Balaban J connectivity index is 2.47. The van der Waals surface area contributed by atoms with E-state index < -0.39 is 24.5 Å². The van der Waals surface area contributed by atoms with Gasteiger partial charge in [-0.15, -0.1) is 0 Å². The SMILES string of the molecule is CC[C@@H](C)NC(=O)NC(=O)COC(=O)c1cccc(OCC(C)C)c1. The number of hydrogen-bond donors (Lipinski definition) is 2. The van der Waals surface area contributed by atoms with E-state index in [-0.39, 0.29) is 11.6 Å². The molecule has 0 aliphatic heterocycles. The first kappa shape index (κ1) is 20.5. The van der Waals surface area contributed by atoms with Crippen molar-refractivity contribution in [3.8, 4) is 5.75 Å². The minimum atomic E-state index is -0.693. The van der Waals surface area contributed by atoms with Crippen LogP contribution in [0.5, 0.6) is 5.75 Å². The van der Waals surface area contributed by atoms with Gasteiger partial charge in [-0.05, 0) is 37.5 Å². The Morgan fingerprint density at radius 2 is 1.88 bits per heavy atom. The van der Waals surface area contributed by atoms with Crippen LogP contribution in [0.15, 0.2) is 24.3 Å². The Labute approximate surface area is 148 Å². The van der Waals surface area contributed by atoms with Crippen molar-refractivity contribution < 1.29 is 23.9 Å². The lowest BCUT2D eigenvalue weighted by Crippen LogP contribution is -2.44. The van der Waals surface area contributed by atoms with Gasteiger partial charge in [-0.25, -0.2) is 9.59 Å². The van der Waals surface area contributed by atoms with Crippen molar-refractivity contribution in [2.45, 2.75) is 40.2 Å². The van der Waals surface area contributed by atoms with Crippen molar-refractivity contribution >= 4 is 17.9 Å². The molecule has 0 aliphatic carbocycles. The molecule has 0 heterocycles. The van der Waals surface area contributed by atoms with Crippen LogP contribution in [-0.4, -0.2) is 37.2 Å². The molecule has 0 unspecified atom stereocenters. The van der Waals surface area contributed by atoms with Gasteiger partial charge in [0.1, 0.15) is 5.75 Å². The monoisotopic (exact) mass is 350 g/mol. The maximum atomic E-state index is 12.0. The topological polar surface area (TPSA) is 93.7 Å². The number of imide groups is 1. The lowest BCUT2D eigenvalue weighted by atomic mass is 10.2. The zero-order valence-electron chi connectivity index (χ0n) is 15.1. The molecule has 25 heavy (non-hydrogen) atoms. The summed E-state index contributed by atoms with van der Waals surface area (Å²) < 4.78 is 10.5. The highest BCUT2D eigenvalue weighted by atomic mass is 16.5. The third-order valence-electron chi connectivity index (χ3n) is 3.23. The van der Waals surface area contributed by atoms with Gasteiger partial charge in [0.2, 0.25) is 0 Å². The highest BCUT2D eigenvalue weighted by molar-refractivity contribution is 5.97. The molecule has 1 atom stereocenters. The fourth-order valence-electron chi connectivity index (χ4n) is 1.71. The first-order valence-corrected chi connectivity index (χ1v) is 8.32. The Hall–Kier alpha value is -2.57. The summed E-state index contributed by atoms with van der Waals surface area (Å²) in [6.45, 7) is 7.77. The van der Waals surface area contributed by atoms with Crippen molar-refractivity contribution in [1.82, 2.24) is 10.6 Å². The van der Waals surface area contributed by atoms with Crippen molar-refractivity contribution in [1.29, 1.82) is 0 Å². The van der Waals surface area contributed by atoms with Crippen LogP contribution in [0.4, 0.5) is 4.79 Å². The summed E-state index contributed by atoms with van der Waals surface area (Å²) in [6, 6.07) is 5.87. The molecule has 0 aromatic heterocycles. The van der Waals surface area contributed by atoms with Gasteiger partial charge in [0.15, 0.2) is 6.61 Å². The summed E-state index contributed by atoms with van der Waals surface area (Å²) >= 11 is 0. The second kappa shape index (κ2) is 10.3. The molecule has 0 saturated heterocycles. The molecule has 0 bridgehead atoms. The van der Waals surface area contributed by atoms with Crippen LogP contribution in [0.2, 0.25) is 0 Å². The molecule has 1 rings (SSSR count). The van der Waals surface area contributed by atoms with Gasteiger partial charge >= 0.3 is 12.0 Å². The number of carbonyl (C=O) groups excluding carboxylic acids is 3. The van der Waals surface area contributed by atoms with Crippen LogP contribution in [0.3, 0.4) is 0 Å². The Kier molecular flexibility index (Phi) is 8.46. The number of nitrogens with one attached hydrogen (secondary N) is 2. The molecule has 1 aromatic carbocycles. The second-order valence-corrected chi connectivity index (χ2v) is 6.14. The predicted molar refractivity (Wildman–Crippen MR) is 93.5 cm³/mol. The van der Waals surface area contributed by atoms with E-state index in [9.17, 15) is 14.4 Å². The van der Waals surface area contributed by atoms with Crippen LogP contribution in [0, 0.1) is 5.92 Å². The van der Waals surface area contributed by atoms with Gasteiger partial charge in [0.05, 0.1) is 12.2 Å². The summed E-state index contributed by atoms with van der Waals surface area (Å²) in [5.41, 5.74) is 0.276. The van der Waals surface area contributed by atoms with Crippen LogP contribution >= 0.6 is 0 Å². The summed E-state index contributed by atoms with van der Waals surface area (Å²) in [7, 11) is 0. The molecule has 0 saturated carbocycles. The van der Waals surface area contributed by atoms with E-state index in [0.717, 1.165) is 6.42 Å². The first-order chi connectivity index (χ1) is 11.8. The molecule has 2 N–H and O–H groups in total. The molecule has 7 heteroatoms. The fourth-order valence-corrected chi connectivity index (χ4v) is 1.71. The molecule has 3 amide bonds. The smallest absolute Gasteiger partial charge is 0.338 e. The van der Waals surface area contributed by atoms with Gasteiger partial charge in [0, 0.05) is 6.04 Å². The van der Waals surface area contributed by atoms with Crippen molar-refractivity contribution in [2.24, 2.45) is 5.92 Å². The number of rotatable bonds is 8. The van der Waals surface area contributed by atoms with Gasteiger partial charge in [-0.2, -0.15) is 0 Å². The number of esters is 1. The van der Waals surface area contributed by atoms with E-state index >= 15 is 0 Å². The van der Waals surface area contributed by atoms with E-state index in [1.165, 1.54) is 0 Å². The van der Waals surface area contributed by atoms with Gasteiger partial charge in [-0.3, -0.25) is 10.1 Å². The average Bonchev–Trinajstić information content (AvgIpc) is 2.57. The summed E-state index contributed by atoms with van der Waals surface area (Å²) in [5.74, 6) is -0.435. The normalized spacial score (nSPS) is 11.6. The largest absolute Gasteiger partial charge is 0.493 e. The number of amides is 3. The third-order valence-corrected chi connectivity index (χ3v) is 3.23. The fraction of sp³-hybridized carbons (Fsp3) is 0.500. The van der Waals surface area contributed by atoms with Crippen molar-refractivity contribution in [3.05, 3.63) is 29.8 Å². The van der Waals surface area contributed by atoms with Gasteiger partial charge in [0.25, 0.3) is 5.91 Å². The molecular formula is C18H26N2O5. The molecule has 0 radical (unpaired) electrons. The van der Waals surface area contributed by atoms with Crippen molar-refractivity contribution in [2.75, 3.05) is 13.2 Å². The zero-order valence-corrected chi connectivity index (χ0v) is 15.1. The zero-order chi connectivity index (χ0) is 18.8. The minimum Gasteiger partial charge on any atom is -0.493 e. The summed E-state index contributed by atoms with van der Waals surface area (Å²) in [4.78, 5) is 35.1. The van der Waals surface area contributed by atoms with Crippen molar-refractivity contribution in [3.63, 3.8) is 0 Å². The summed E-state index contributed by atoms with van der Waals surface area (Å²) in [6.07, 6.45) is 0.742. The Morgan fingerprint density at radius 3 is 2.52 bits per heavy atom. The highest BCUT2D eigenvalue weighted by Crippen LogP contribution is 2.15. The van der Waals surface area contributed by atoms with E-state index in [1.807, 2.05) is 27.7 Å². The minimum absolute atomic E-state index is 0.0519. The van der Waals surface area contributed by atoms with Crippen LogP contribution in [0.25, 0.3) is 0 Å². The van der Waals surface area contributed by atoms with E-state index in [0.29, 0.717) is 18.3 Å². The maximum absolute atomic E-state index is 12.0. The highest BCUT2D eigenvalue weighted by Gasteiger charge is 2.14. The molecule has 1 aromatic rings. The number of carbonyl (C=O) groups is 3. The number of urea groups is 1. The molecule has 138 valence electrons. The lowest BCUT2D eigenvalue weighted by Gasteiger charge is -2.12. The molecule has 0 fully saturated rings. The molecule has 7 nitrogen and oxygen atoms in total. The second-order valence-electron chi connectivity index (χ2n) is 6.14. The first-order valence-electron chi connectivity index (χ1n) is 8.32. The van der Waals surface area contributed by atoms with Crippen LogP contribution in [0.1, 0.15) is 44.5 Å². The quantitative estimate of drug-likeness (QED) is 0.703. The molecule has 0 spiro atoms. The van der Waals surface area contributed by atoms with E-state index in [1.54, 1.807) is 24.3 Å². The van der Waals surface area contributed by atoms with Gasteiger partial charge in [-0.1, -0.05) is 26.8 Å². The number of benzene rings is 1. The molecule has 0 aliphatic rings. The Bertz CT molecular complexity index is 601. The van der Waals surface area contributed by atoms with Gasteiger partial charge < -0.3 is 14.8 Å². The third kappa shape index (κ3) is 8.19. The molecular weight excluding hydrogens is 324 g/mol. The predicted octanol–water partition coefficient (Wildman–Crippen LogP) is 2.50. The average molecular weight is 350 g/mol. The van der Waals surface area contributed by atoms with E-state index in [4.69, 9.17) is 9.47 Å². The van der Waals surface area contributed by atoms with Crippen LogP contribution in [-0.2, 0) is 9.53 Å². The maximum Gasteiger partial charge on any atom is 0.338 e. The summed E-state index contributed by atoms with van der Waals surface area (Å²) in [5, 5.41) is 4.69. The standard InChI is InChI=1S/C18H26N2O5/c1-5-13(4)19-18(23)20-16(21)11-25-17(22)14-7-6-8-15(9-14)24-10-12(2)3/h6-9,12-13H,5,10-11H2,1-4H3,(H2,19,20,21,23)/t13-/m1/s1.